The monoisotopic (exact) mass is 379 g/mol. The fourth-order valence-corrected chi connectivity index (χ4v) is 3.85. The zero-order chi connectivity index (χ0) is 18.0. The molecule has 0 amide bonds. The number of halogens is 4. The Hall–Kier alpha value is -1.71. The summed E-state index contributed by atoms with van der Waals surface area (Å²) in [5.41, 5.74) is -0.228. The third-order valence-electron chi connectivity index (χ3n) is 3.24. The zero-order valence-corrected chi connectivity index (χ0v) is 14.0. The third-order valence-corrected chi connectivity index (χ3v) is 5.38. The van der Waals surface area contributed by atoms with Crippen LogP contribution in [0.2, 0.25) is 5.02 Å². The summed E-state index contributed by atoms with van der Waals surface area (Å²) >= 11 is 5.70. The number of nitrogens with zero attached hydrogens (tertiary/aromatic N) is 3. The molecule has 10 heteroatoms. The van der Waals surface area contributed by atoms with Crippen LogP contribution < -0.4 is 0 Å². The van der Waals surface area contributed by atoms with Crippen molar-refractivity contribution in [2.45, 2.75) is 24.0 Å². The van der Waals surface area contributed by atoms with Crippen LogP contribution in [0.25, 0.3) is 0 Å². The van der Waals surface area contributed by atoms with Crippen molar-refractivity contribution in [3.63, 3.8) is 0 Å². The first kappa shape index (κ1) is 18.6. The highest BCUT2D eigenvalue weighted by Crippen LogP contribution is 2.40. The molecule has 0 saturated carbocycles. The lowest BCUT2D eigenvalue weighted by atomic mass is 10.1. The van der Waals surface area contributed by atoms with Gasteiger partial charge in [0, 0.05) is 11.6 Å². The molecule has 1 heterocycles. The van der Waals surface area contributed by atoms with Gasteiger partial charge in [-0.05, 0) is 17.7 Å². The lowest BCUT2D eigenvalue weighted by Crippen LogP contribution is -2.42. The molecule has 0 aliphatic rings. The molecule has 24 heavy (non-hydrogen) atoms. The molecule has 5 nitrogen and oxygen atoms in total. The van der Waals surface area contributed by atoms with E-state index in [0.717, 1.165) is 30.9 Å². The molecular formula is C14H13ClF3N3O2S. The van der Waals surface area contributed by atoms with E-state index < -0.39 is 27.1 Å². The maximum atomic E-state index is 13.6. The summed E-state index contributed by atoms with van der Waals surface area (Å²) in [6.45, 7) is 0.944. The average molecular weight is 380 g/mol. The predicted molar refractivity (Wildman–Crippen MR) is 81.8 cm³/mol. The highest BCUT2D eigenvalue weighted by molar-refractivity contribution is 7.89. The third kappa shape index (κ3) is 3.85. The maximum absolute atomic E-state index is 13.6. The van der Waals surface area contributed by atoms with E-state index >= 15 is 0 Å². The Morgan fingerprint density at radius 1 is 1.17 bits per heavy atom. The minimum atomic E-state index is -4.81. The normalized spacial score (nSPS) is 13.9. The predicted octanol–water partition coefficient (Wildman–Crippen LogP) is 3.44. The lowest BCUT2D eigenvalue weighted by Gasteiger charge is -2.31. The first-order chi connectivity index (χ1) is 11.2. The molecule has 1 aromatic heterocycles. The molecule has 0 N–H and O–H groups in total. The molecule has 1 unspecified atom stereocenters. The molecule has 1 atom stereocenters. The number of benzene rings is 1. The van der Waals surface area contributed by atoms with Crippen molar-refractivity contribution in [1.82, 2.24) is 14.3 Å². The van der Waals surface area contributed by atoms with Crippen molar-refractivity contribution in [2.24, 2.45) is 0 Å². The summed E-state index contributed by atoms with van der Waals surface area (Å²) in [6.07, 6.45) is -1.80. The van der Waals surface area contributed by atoms with Gasteiger partial charge in [-0.1, -0.05) is 30.7 Å². The van der Waals surface area contributed by atoms with Crippen LogP contribution in [0.1, 0.15) is 18.5 Å². The van der Waals surface area contributed by atoms with E-state index in [1.54, 1.807) is 0 Å². The van der Waals surface area contributed by atoms with Crippen LogP contribution in [0.15, 0.2) is 47.9 Å². The summed E-state index contributed by atoms with van der Waals surface area (Å²) in [5.74, 6) is 0. The van der Waals surface area contributed by atoms with Gasteiger partial charge in [-0.25, -0.2) is 18.4 Å². The number of alkyl halides is 3. The second-order valence-electron chi connectivity index (χ2n) is 4.78. The Bertz CT molecular complexity index is 783. The van der Waals surface area contributed by atoms with Crippen molar-refractivity contribution in [3.8, 4) is 0 Å². The Kier molecular flexibility index (Phi) is 5.46. The van der Waals surface area contributed by atoms with Gasteiger partial charge in [0.15, 0.2) is 0 Å². The average Bonchev–Trinajstić information content (AvgIpc) is 2.53. The topological polar surface area (TPSA) is 63.2 Å². The van der Waals surface area contributed by atoms with Gasteiger partial charge in [0.05, 0.1) is 12.4 Å². The van der Waals surface area contributed by atoms with Gasteiger partial charge in [0.1, 0.15) is 17.3 Å². The largest absolute Gasteiger partial charge is 0.409 e. The van der Waals surface area contributed by atoms with Crippen LogP contribution in [0.5, 0.6) is 0 Å². The molecular weight excluding hydrogens is 367 g/mol. The van der Waals surface area contributed by atoms with Crippen molar-refractivity contribution in [2.75, 3.05) is 6.54 Å². The number of hydrogen-bond donors (Lipinski definition) is 0. The number of rotatable bonds is 5. The summed E-state index contributed by atoms with van der Waals surface area (Å²) < 4.78 is 66.5. The molecule has 0 bridgehead atoms. The van der Waals surface area contributed by atoms with Gasteiger partial charge in [0.25, 0.3) is 0 Å². The van der Waals surface area contributed by atoms with Crippen molar-refractivity contribution in [3.05, 3.63) is 53.6 Å². The molecule has 2 rings (SSSR count). The van der Waals surface area contributed by atoms with Crippen LogP contribution >= 0.6 is 11.6 Å². The number of hydrogen-bond acceptors (Lipinski definition) is 4. The molecule has 1 aromatic carbocycles. The summed E-state index contributed by atoms with van der Waals surface area (Å²) in [5, 5.41) is 0.252. The molecule has 0 spiro atoms. The fraction of sp³-hybridized carbons (Fsp3) is 0.286. The quantitative estimate of drug-likeness (QED) is 0.798. The van der Waals surface area contributed by atoms with Gasteiger partial charge in [0.2, 0.25) is 10.0 Å². The van der Waals surface area contributed by atoms with E-state index in [4.69, 9.17) is 11.6 Å². The zero-order valence-electron chi connectivity index (χ0n) is 12.4. The molecule has 0 aliphatic heterocycles. The fourth-order valence-electron chi connectivity index (χ4n) is 2.21. The van der Waals surface area contributed by atoms with E-state index in [-0.39, 0.29) is 17.1 Å². The van der Waals surface area contributed by atoms with E-state index in [0.29, 0.717) is 4.31 Å². The minimum Gasteiger partial charge on any atom is -0.243 e. The Labute approximate surface area is 142 Å². The molecule has 0 radical (unpaired) electrons. The highest BCUT2D eigenvalue weighted by Gasteiger charge is 2.48. The summed E-state index contributed by atoms with van der Waals surface area (Å²) in [7, 11) is -4.44. The highest BCUT2D eigenvalue weighted by atomic mass is 35.5. The van der Waals surface area contributed by atoms with Gasteiger partial charge < -0.3 is 0 Å². The van der Waals surface area contributed by atoms with Crippen LogP contribution in [0, 0.1) is 0 Å². The first-order valence-electron chi connectivity index (χ1n) is 6.77. The molecule has 0 fully saturated rings. The Morgan fingerprint density at radius 2 is 1.71 bits per heavy atom. The smallest absolute Gasteiger partial charge is 0.243 e. The SMILES string of the molecule is CCN(C(c1ccc(Cl)cc1)C(F)(F)F)S(=O)(=O)c1cncnc1. The van der Waals surface area contributed by atoms with Crippen LogP contribution in [-0.2, 0) is 10.0 Å². The van der Waals surface area contributed by atoms with Crippen molar-refractivity contribution in [1.29, 1.82) is 0 Å². The molecule has 2 aromatic rings. The lowest BCUT2D eigenvalue weighted by molar-refractivity contribution is -0.173. The molecule has 0 saturated heterocycles. The van der Waals surface area contributed by atoms with E-state index in [2.05, 4.69) is 9.97 Å². The van der Waals surface area contributed by atoms with Crippen LogP contribution in [0.4, 0.5) is 13.2 Å². The van der Waals surface area contributed by atoms with E-state index in [1.807, 2.05) is 0 Å². The second kappa shape index (κ2) is 7.04. The maximum Gasteiger partial charge on any atom is 0.409 e. The van der Waals surface area contributed by atoms with Crippen LogP contribution in [-0.4, -0.2) is 35.4 Å². The van der Waals surface area contributed by atoms with Gasteiger partial charge in [-0.2, -0.15) is 17.5 Å². The van der Waals surface area contributed by atoms with Gasteiger partial charge >= 0.3 is 6.18 Å². The number of sulfonamides is 1. The standard InChI is InChI=1S/C14H13ClF3N3O2S/c1-2-21(24(22,23)12-7-19-9-20-8-12)13(14(16,17)18)10-3-5-11(15)6-4-10/h3-9,13H,2H2,1H3. The van der Waals surface area contributed by atoms with Crippen molar-refractivity contribution >= 4 is 21.6 Å². The van der Waals surface area contributed by atoms with E-state index in [9.17, 15) is 21.6 Å². The molecule has 130 valence electrons. The van der Waals surface area contributed by atoms with Crippen LogP contribution in [0.3, 0.4) is 0 Å². The van der Waals surface area contributed by atoms with Crippen molar-refractivity contribution < 1.29 is 21.6 Å². The second-order valence-corrected chi connectivity index (χ2v) is 7.11. The van der Waals surface area contributed by atoms with Gasteiger partial charge in [-0.15, -0.1) is 0 Å². The Morgan fingerprint density at radius 3 is 2.17 bits per heavy atom. The van der Waals surface area contributed by atoms with E-state index in [1.165, 1.54) is 19.1 Å². The first-order valence-corrected chi connectivity index (χ1v) is 8.58. The number of aromatic nitrogens is 2. The Balaban J connectivity index is 2.57. The minimum absolute atomic E-state index is 0.228. The van der Waals surface area contributed by atoms with Gasteiger partial charge in [-0.3, -0.25) is 0 Å². The summed E-state index contributed by atoms with van der Waals surface area (Å²) in [4.78, 5) is 6.71. The molecule has 0 aliphatic carbocycles. The summed E-state index contributed by atoms with van der Waals surface area (Å²) in [6, 6.07) is 2.52.